The quantitative estimate of drug-likeness (QED) is 0.565. The fraction of sp³-hybridized carbons (Fsp3) is 0.250. The second-order valence-electron chi connectivity index (χ2n) is 7.65. The molecule has 32 heavy (non-hydrogen) atoms. The summed E-state index contributed by atoms with van der Waals surface area (Å²) >= 11 is 5.92. The Balaban J connectivity index is 1.53. The van der Waals surface area contributed by atoms with Gasteiger partial charge in [-0.25, -0.2) is 9.18 Å². The number of carbonyl (C=O) groups excluding carboxylic acids is 1. The van der Waals surface area contributed by atoms with E-state index >= 15 is 0 Å². The normalized spacial score (nSPS) is 18.2. The summed E-state index contributed by atoms with van der Waals surface area (Å²) in [5, 5.41) is 6.55. The third kappa shape index (κ3) is 5.11. The summed E-state index contributed by atoms with van der Waals surface area (Å²) in [6.07, 6.45) is 3.47. The molecule has 2 aromatic carbocycles. The van der Waals surface area contributed by atoms with Crippen LogP contribution in [0.25, 0.3) is 0 Å². The molecule has 1 fully saturated rings. The third-order valence-corrected chi connectivity index (χ3v) is 5.92. The molecule has 0 unspecified atom stereocenters. The maximum atomic E-state index is 14.4. The Labute approximate surface area is 191 Å². The molecular weight excluding hydrogens is 431 g/mol. The molecule has 1 aliphatic heterocycles. The van der Waals surface area contributed by atoms with Gasteiger partial charge < -0.3 is 20.3 Å². The molecule has 3 aromatic rings. The minimum Gasteiger partial charge on any atom is -0.497 e. The molecule has 1 aromatic heterocycles. The summed E-state index contributed by atoms with van der Waals surface area (Å²) in [4.78, 5) is 18.5. The standard InChI is InChI=1S/C24H24ClFN4O2/c1-32-19-8-2-16(3-9-19)20-15-30(23-10-12-27-14-21(23)26)13-11-22(20)29-24(31)28-18-6-4-17(25)5-7-18/h2-10,12,14,20,22H,11,13,15H2,1H3,(H2,28,29,31)/t20-,22+/m0/s1. The average Bonchev–Trinajstić information content (AvgIpc) is 2.81. The zero-order valence-electron chi connectivity index (χ0n) is 17.6. The van der Waals surface area contributed by atoms with Gasteiger partial charge >= 0.3 is 6.03 Å². The van der Waals surface area contributed by atoms with E-state index in [2.05, 4.69) is 15.6 Å². The first-order valence-electron chi connectivity index (χ1n) is 10.3. The minimum atomic E-state index is -0.354. The Bertz CT molecular complexity index is 1060. The second-order valence-corrected chi connectivity index (χ2v) is 8.09. The highest BCUT2D eigenvalue weighted by Crippen LogP contribution is 2.32. The van der Waals surface area contributed by atoms with Gasteiger partial charge in [-0.15, -0.1) is 0 Å². The van der Waals surface area contributed by atoms with Gasteiger partial charge in [0.2, 0.25) is 0 Å². The lowest BCUT2D eigenvalue weighted by Gasteiger charge is -2.40. The van der Waals surface area contributed by atoms with Crippen LogP contribution in [0.1, 0.15) is 17.9 Å². The Morgan fingerprint density at radius 3 is 2.59 bits per heavy atom. The molecule has 4 rings (SSSR count). The number of benzene rings is 2. The Kier molecular flexibility index (Phi) is 6.75. The number of methoxy groups -OCH3 is 1. The van der Waals surface area contributed by atoms with Crippen molar-refractivity contribution in [2.24, 2.45) is 0 Å². The van der Waals surface area contributed by atoms with Gasteiger partial charge in [-0.1, -0.05) is 23.7 Å². The van der Waals surface area contributed by atoms with Crippen molar-refractivity contribution < 1.29 is 13.9 Å². The number of carbonyl (C=O) groups is 1. The van der Waals surface area contributed by atoms with Gasteiger partial charge in [-0.3, -0.25) is 4.98 Å². The summed E-state index contributed by atoms with van der Waals surface area (Å²) in [5.74, 6) is 0.359. The monoisotopic (exact) mass is 454 g/mol. The van der Waals surface area contributed by atoms with Crippen molar-refractivity contribution >= 4 is 29.0 Å². The Hall–Kier alpha value is -3.32. The molecule has 0 spiro atoms. The third-order valence-electron chi connectivity index (χ3n) is 5.67. The number of nitrogens with zero attached hydrogens (tertiary/aromatic N) is 2. The number of hydrogen-bond acceptors (Lipinski definition) is 4. The first-order valence-corrected chi connectivity index (χ1v) is 10.7. The lowest BCUT2D eigenvalue weighted by Crippen LogP contribution is -2.51. The van der Waals surface area contributed by atoms with E-state index in [-0.39, 0.29) is 23.8 Å². The van der Waals surface area contributed by atoms with Crippen LogP contribution >= 0.6 is 11.6 Å². The molecule has 0 bridgehead atoms. The van der Waals surface area contributed by atoms with Crippen LogP contribution in [-0.4, -0.2) is 37.3 Å². The second kappa shape index (κ2) is 9.87. The SMILES string of the molecule is COc1ccc([C@@H]2CN(c3ccncc3F)CC[C@H]2NC(=O)Nc2ccc(Cl)cc2)cc1. The van der Waals surface area contributed by atoms with Crippen LogP contribution in [0.3, 0.4) is 0 Å². The number of hydrogen-bond donors (Lipinski definition) is 2. The number of ether oxygens (including phenoxy) is 1. The molecule has 0 aliphatic carbocycles. The number of halogens is 2. The van der Waals surface area contributed by atoms with Crippen molar-refractivity contribution in [3.8, 4) is 5.75 Å². The van der Waals surface area contributed by atoms with E-state index in [0.29, 0.717) is 35.9 Å². The molecule has 0 saturated carbocycles. The number of urea groups is 1. The topological polar surface area (TPSA) is 66.5 Å². The van der Waals surface area contributed by atoms with Gasteiger partial charge in [0.1, 0.15) is 5.75 Å². The highest BCUT2D eigenvalue weighted by Gasteiger charge is 2.32. The lowest BCUT2D eigenvalue weighted by atomic mass is 9.85. The van der Waals surface area contributed by atoms with E-state index in [0.717, 1.165) is 11.3 Å². The minimum absolute atomic E-state index is 0.0433. The number of amides is 2. The van der Waals surface area contributed by atoms with E-state index < -0.39 is 0 Å². The molecule has 1 saturated heterocycles. The Morgan fingerprint density at radius 1 is 1.16 bits per heavy atom. The summed E-state index contributed by atoms with van der Waals surface area (Å²) in [5.41, 5.74) is 2.22. The number of aromatic nitrogens is 1. The van der Waals surface area contributed by atoms with E-state index in [9.17, 15) is 9.18 Å². The summed E-state index contributed by atoms with van der Waals surface area (Å²) in [6.45, 7) is 1.17. The summed E-state index contributed by atoms with van der Waals surface area (Å²) in [6, 6.07) is 16.0. The first-order chi connectivity index (χ1) is 15.5. The van der Waals surface area contributed by atoms with E-state index in [1.54, 1.807) is 43.6 Å². The van der Waals surface area contributed by atoms with Gasteiger partial charge in [0.05, 0.1) is 19.0 Å². The van der Waals surface area contributed by atoms with Crippen molar-refractivity contribution in [1.82, 2.24) is 10.3 Å². The predicted molar refractivity (Wildman–Crippen MR) is 124 cm³/mol. The highest BCUT2D eigenvalue weighted by molar-refractivity contribution is 6.30. The van der Waals surface area contributed by atoms with E-state index in [1.807, 2.05) is 29.2 Å². The van der Waals surface area contributed by atoms with Crippen molar-refractivity contribution in [2.45, 2.75) is 18.4 Å². The van der Waals surface area contributed by atoms with Crippen molar-refractivity contribution in [3.63, 3.8) is 0 Å². The van der Waals surface area contributed by atoms with Crippen molar-refractivity contribution in [3.05, 3.63) is 83.4 Å². The zero-order valence-corrected chi connectivity index (χ0v) is 18.3. The van der Waals surface area contributed by atoms with Gasteiger partial charge in [0.25, 0.3) is 0 Å². The number of nitrogens with one attached hydrogen (secondary N) is 2. The van der Waals surface area contributed by atoms with Crippen LogP contribution in [0.5, 0.6) is 5.75 Å². The smallest absolute Gasteiger partial charge is 0.319 e. The Morgan fingerprint density at radius 2 is 1.91 bits per heavy atom. The molecular formula is C24H24ClFN4O2. The predicted octanol–water partition coefficient (Wildman–Crippen LogP) is 5.07. The van der Waals surface area contributed by atoms with Crippen LogP contribution in [0.4, 0.5) is 20.6 Å². The van der Waals surface area contributed by atoms with Crippen LogP contribution < -0.4 is 20.3 Å². The largest absolute Gasteiger partial charge is 0.497 e. The van der Waals surface area contributed by atoms with Gasteiger partial charge in [0, 0.05) is 42.0 Å². The van der Waals surface area contributed by atoms with Crippen LogP contribution in [0.2, 0.25) is 5.02 Å². The number of rotatable bonds is 5. The molecule has 0 radical (unpaired) electrons. The molecule has 166 valence electrons. The fourth-order valence-electron chi connectivity index (χ4n) is 4.03. The number of piperidine rings is 1. The fourth-order valence-corrected chi connectivity index (χ4v) is 4.15. The van der Waals surface area contributed by atoms with Crippen LogP contribution in [-0.2, 0) is 0 Å². The molecule has 1 aliphatic rings. The van der Waals surface area contributed by atoms with E-state index in [4.69, 9.17) is 16.3 Å². The number of anilines is 2. The van der Waals surface area contributed by atoms with Crippen LogP contribution in [0, 0.1) is 5.82 Å². The maximum Gasteiger partial charge on any atom is 0.319 e. The van der Waals surface area contributed by atoms with Crippen LogP contribution in [0.15, 0.2) is 67.0 Å². The average molecular weight is 455 g/mol. The molecule has 8 heteroatoms. The van der Waals surface area contributed by atoms with Crippen molar-refractivity contribution in [2.75, 3.05) is 30.4 Å². The van der Waals surface area contributed by atoms with Gasteiger partial charge in [-0.05, 0) is 54.4 Å². The molecule has 2 amide bonds. The molecule has 2 atom stereocenters. The zero-order chi connectivity index (χ0) is 22.5. The summed E-state index contributed by atoms with van der Waals surface area (Å²) < 4.78 is 19.6. The molecule has 6 nitrogen and oxygen atoms in total. The van der Waals surface area contributed by atoms with E-state index in [1.165, 1.54) is 6.20 Å². The highest BCUT2D eigenvalue weighted by atomic mass is 35.5. The molecule has 2 heterocycles. The van der Waals surface area contributed by atoms with Gasteiger partial charge in [0.15, 0.2) is 5.82 Å². The lowest BCUT2D eigenvalue weighted by molar-refractivity contribution is 0.243. The first kappa shape index (κ1) is 21.9. The molecule has 2 N–H and O–H groups in total. The van der Waals surface area contributed by atoms with Gasteiger partial charge in [-0.2, -0.15) is 0 Å². The summed E-state index contributed by atoms with van der Waals surface area (Å²) in [7, 11) is 1.62. The van der Waals surface area contributed by atoms with Crippen molar-refractivity contribution in [1.29, 1.82) is 0 Å². The maximum absolute atomic E-state index is 14.4. The number of pyridine rings is 1.